The zero-order valence-corrected chi connectivity index (χ0v) is 25.8. The van der Waals surface area contributed by atoms with Gasteiger partial charge in [-0.1, -0.05) is 29.8 Å². The number of rotatable bonds is 7. The van der Waals surface area contributed by atoms with E-state index >= 15 is 0 Å². The molecule has 6 rings (SSSR count). The molecule has 2 saturated heterocycles. The van der Waals surface area contributed by atoms with Gasteiger partial charge in [-0.05, 0) is 69.2 Å². The number of anilines is 1. The third-order valence-electron chi connectivity index (χ3n) is 7.75. The molecule has 2 aliphatic heterocycles. The van der Waals surface area contributed by atoms with Crippen LogP contribution in [0.5, 0.6) is 0 Å². The van der Waals surface area contributed by atoms with E-state index in [2.05, 4.69) is 15.9 Å². The maximum Gasteiger partial charge on any atom is 0.337 e. The van der Waals surface area contributed by atoms with Gasteiger partial charge in [0.05, 0.1) is 35.1 Å². The maximum absolute atomic E-state index is 12.6. The molecule has 0 saturated carbocycles. The molecular weight excluding hydrogens is 572 g/mol. The Kier molecular flexibility index (Phi) is 7.97. The number of aryl methyl sites for hydroxylation is 1. The molecule has 2 aromatic carbocycles. The van der Waals surface area contributed by atoms with Crippen LogP contribution in [-0.2, 0) is 14.3 Å². The fourth-order valence-corrected chi connectivity index (χ4v) is 6.84. The van der Waals surface area contributed by atoms with Crippen molar-refractivity contribution in [1.29, 1.82) is 0 Å². The third-order valence-corrected chi connectivity index (χ3v) is 9.11. The smallest absolute Gasteiger partial charge is 0.337 e. The molecule has 4 heterocycles. The van der Waals surface area contributed by atoms with Gasteiger partial charge in [0.2, 0.25) is 0 Å². The summed E-state index contributed by atoms with van der Waals surface area (Å²) in [6, 6.07) is 16.1. The van der Waals surface area contributed by atoms with E-state index in [9.17, 15) is 9.90 Å². The van der Waals surface area contributed by atoms with E-state index in [0.29, 0.717) is 16.6 Å². The zero-order valence-electron chi connectivity index (χ0n) is 24.3. The number of nitrogens with zero attached hydrogens (tertiary/aromatic N) is 4. The number of benzene rings is 2. The third kappa shape index (κ3) is 5.89. The van der Waals surface area contributed by atoms with E-state index in [4.69, 9.17) is 31.0 Å². The Hall–Kier alpha value is -3.08. The second-order valence-corrected chi connectivity index (χ2v) is 13.3. The average molecular weight is 607 g/mol. The molecular formula is C32H35ClN4O4S. The SMILES string of the molecule is Cc1cc2nc(-c3cccc(N4CCN(C5COC5)CC4)n3)sc2c(-c2ccc(Cl)cc2)c1[C@H](OC(C)(C)C)C(=O)O. The molecule has 4 aromatic rings. The lowest BCUT2D eigenvalue weighted by Crippen LogP contribution is -2.56. The number of aromatic nitrogens is 2. The number of carbonyl (C=O) groups is 1. The molecule has 10 heteroatoms. The Labute approximate surface area is 254 Å². The van der Waals surface area contributed by atoms with Crippen LogP contribution in [0.2, 0.25) is 5.02 Å². The summed E-state index contributed by atoms with van der Waals surface area (Å²) in [4.78, 5) is 27.5. The molecule has 0 aliphatic carbocycles. The molecule has 220 valence electrons. The van der Waals surface area contributed by atoms with E-state index in [1.807, 2.05) is 70.2 Å². The quantitative estimate of drug-likeness (QED) is 0.257. The number of pyridine rings is 1. The van der Waals surface area contributed by atoms with Crippen LogP contribution in [0.15, 0.2) is 48.5 Å². The number of ether oxygens (including phenoxy) is 2. The topological polar surface area (TPSA) is 88.0 Å². The van der Waals surface area contributed by atoms with E-state index in [1.54, 1.807) is 0 Å². The van der Waals surface area contributed by atoms with Gasteiger partial charge < -0.3 is 19.5 Å². The van der Waals surface area contributed by atoms with Crippen molar-refractivity contribution in [2.24, 2.45) is 0 Å². The molecule has 0 spiro atoms. The van der Waals surface area contributed by atoms with Crippen molar-refractivity contribution >= 4 is 44.9 Å². The predicted octanol–water partition coefficient (Wildman–Crippen LogP) is 6.45. The van der Waals surface area contributed by atoms with Crippen LogP contribution in [0.25, 0.3) is 32.0 Å². The van der Waals surface area contributed by atoms with Gasteiger partial charge in [-0.3, -0.25) is 4.90 Å². The number of hydrogen-bond acceptors (Lipinski definition) is 8. The zero-order chi connectivity index (χ0) is 29.6. The summed E-state index contributed by atoms with van der Waals surface area (Å²) >= 11 is 7.76. The Bertz CT molecular complexity index is 1610. The first-order valence-corrected chi connectivity index (χ1v) is 15.4. The lowest BCUT2D eigenvalue weighted by Gasteiger charge is -2.42. The molecule has 0 amide bonds. The summed E-state index contributed by atoms with van der Waals surface area (Å²) in [6.45, 7) is 13.0. The Morgan fingerprint density at radius 3 is 2.43 bits per heavy atom. The average Bonchev–Trinajstić information content (AvgIpc) is 3.34. The standard InChI is InChI=1S/C32H35ClN4O4S/c1-19-16-24-29(27(20-8-10-21(33)11-9-20)26(19)28(31(38)39)41-32(2,3)4)42-30(35-24)23-6-5-7-25(34-23)37-14-12-36(13-15-37)22-17-40-18-22/h5-11,16,22,28H,12-15,17-18H2,1-4H3,(H,38,39)/t28-/m0/s1. The normalized spacial score (nSPS) is 17.4. The van der Waals surface area contributed by atoms with Gasteiger partial charge in [0.15, 0.2) is 6.10 Å². The minimum atomic E-state index is -1.16. The summed E-state index contributed by atoms with van der Waals surface area (Å²) < 4.78 is 12.4. The van der Waals surface area contributed by atoms with Crippen molar-refractivity contribution in [3.05, 3.63) is 64.7 Å². The fourth-order valence-electron chi connectivity index (χ4n) is 5.62. The molecule has 1 N–H and O–H groups in total. The number of thiazole rings is 1. The van der Waals surface area contributed by atoms with Gasteiger partial charge in [0, 0.05) is 42.3 Å². The molecule has 2 fully saturated rings. The maximum atomic E-state index is 12.6. The Morgan fingerprint density at radius 1 is 1.10 bits per heavy atom. The number of carboxylic acid groups (broad SMARTS) is 1. The van der Waals surface area contributed by atoms with Crippen LogP contribution in [0.3, 0.4) is 0 Å². The van der Waals surface area contributed by atoms with Crippen molar-refractivity contribution in [2.45, 2.75) is 45.4 Å². The molecule has 1 atom stereocenters. The molecule has 2 aromatic heterocycles. The molecule has 0 radical (unpaired) electrons. The highest BCUT2D eigenvalue weighted by Crippen LogP contribution is 2.44. The van der Waals surface area contributed by atoms with Crippen molar-refractivity contribution < 1.29 is 19.4 Å². The van der Waals surface area contributed by atoms with Gasteiger partial charge in [-0.15, -0.1) is 11.3 Å². The Balaban J connectivity index is 1.41. The minimum absolute atomic E-state index is 0.548. The van der Waals surface area contributed by atoms with Crippen LogP contribution in [-0.4, -0.2) is 77.0 Å². The first-order valence-electron chi connectivity index (χ1n) is 14.2. The van der Waals surface area contributed by atoms with E-state index in [-0.39, 0.29) is 0 Å². The summed E-state index contributed by atoms with van der Waals surface area (Å²) in [6.07, 6.45) is -1.16. The lowest BCUT2D eigenvalue weighted by molar-refractivity contribution is -0.160. The Morgan fingerprint density at radius 2 is 1.81 bits per heavy atom. The summed E-state index contributed by atoms with van der Waals surface area (Å²) in [5, 5.41) is 11.7. The second kappa shape index (κ2) is 11.5. The van der Waals surface area contributed by atoms with Crippen LogP contribution >= 0.6 is 22.9 Å². The lowest BCUT2D eigenvalue weighted by atomic mass is 9.91. The van der Waals surface area contributed by atoms with Crippen LogP contribution in [0, 0.1) is 6.92 Å². The summed E-state index contributed by atoms with van der Waals surface area (Å²) in [7, 11) is 0. The number of halogens is 1. The molecule has 0 unspecified atom stereocenters. The van der Waals surface area contributed by atoms with Crippen molar-refractivity contribution in [2.75, 3.05) is 44.3 Å². The van der Waals surface area contributed by atoms with Crippen LogP contribution < -0.4 is 4.90 Å². The number of fused-ring (bicyclic) bond motifs is 1. The second-order valence-electron chi connectivity index (χ2n) is 11.9. The largest absolute Gasteiger partial charge is 0.479 e. The first-order chi connectivity index (χ1) is 20.1. The van der Waals surface area contributed by atoms with Crippen molar-refractivity contribution in [1.82, 2.24) is 14.9 Å². The van der Waals surface area contributed by atoms with Gasteiger partial charge in [0.25, 0.3) is 0 Å². The monoisotopic (exact) mass is 606 g/mol. The summed E-state index contributed by atoms with van der Waals surface area (Å²) in [5.41, 5.74) is 4.02. The highest BCUT2D eigenvalue weighted by atomic mass is 35.5. The number of carboxylic acids is 1. The van der Waals surface area contributed by atoms with Crippen molar-refractivity contribution in [3.63, 3.8) is 0 Å². The number of hydrogen-bond donors (Lipinski definition) is 1. The molecule has 2 aliphatic rings. The molecule has 0 bridgehead atoms. The van der Waals surface area contributed by atoms with Gasteiger partial charge >= 0.3 is 5.97 Å². The first kappa shape index (κ1) is 29.0. The van der Waals surface area contributed by atoms with Gasteiger partial charge in [-0.2, -0.15) is 0 Å². The highest BCUT2D eigenvalue weighted by Gasteiger charge is 2.33. The minimum Gasteiger partial charge on any atom is -0.479 e. The fraction of sp³-hybridized carbons (Fsp3) is 0.406. The number of aliphatic carboxylic acids is 1. The van der Waals surface area contributed by atoms with E-state index in [0.717, 1.165) is 82.8 Å². The highest BCUT2D eigenvalue weighted by molar-refractivity contribution is 7.22. The van der Waals surface area contributed by atoms with E-state index in [1.165, 1.54) is 11.3 Å². The molecule has 42 heavy (non-hydrogen) atoms. The van der Waals surface area contributed by atoms with Crippen LogP contribution in [0.4, 0.5) is 5.82 Å². The molecule has 8 nitrogen and oxygen atoms in total. The van der Waals surface area contributed by atoms with Crippen LogP contribution in [0.1, 0.15) is 38.0 Å². The van der Waals surface area contributed by atoms with E-state index < -0.39 is 17.7 Å². The van der Waals surface area contributed by atoms with Crippen molar-refractivity contribution in [3.8, 4) is 21.8 Å². The summed E-state index contributed by atoms with van der Waals surface area (Å²) in [5.74, 6) is -0.0952. The number of piperazine rings is 1. The van der Waals surface area contributed by atoms with Gasteiger partial charge in [0.1, 0.15) is 16.5 Å². The predicted molar refractivity (Wildman–Crippen MR) is 168 cm³/mol. The van der Waals surface area contributed by atoms with Gasteiger partial charge in [-0.25, -0.2) is 14.8 Å².